The molecule has 2 saturated heterocycles. The lowest BCUT2D eigenvalue weighted by Gasteiger charge is -2.32. The van der Waals surface area contributed by atoms with Crippen molar-refractivity contribution >= 4 is 20.9 Å². The van der Waals surface area contributed by atoms with Crippen LogP contribution in [0.4, 0.5) is 4.39 Å². The Kier molecular flexibility index (Phi) is 6.96. The third-order valence-corrected chi connectivity index (χ3v) is 8.74. The molecule has 1 unspecified atom stereocenters. The van der Waals surface area contributed by atoms with Crippen LogP contribution in [-0.2, 0) is 21.2 Å². The maximum Gasteiger partial charge on any atom is 0.261 e. The fraction of sp³-hybridized carbons (Fsp3) is 0.423. The van der Waals surface area contributed by atoms with Crippen molar-refractivity contribution in [2.45, 2.75) is 49.5 Å². The molecular formula is C26H28FN5O5S. The molecule has 2 fully saturated rings. The number of piperidine rings is 1. The Morgan fingerprint density at radius 2 is 2.11 bits per heavy atom. The van der Waals surface area contributed by atoms with Crippen molar-refractivity contribution in [2.75, 3.05) is 19.7 Å². The number of nitriles is 1. The lowest BCUT2D eigenvalue weighted by Crippen LogP contribution is -2.41. The van der Waals surface area contributed by atoms with Gasteiger partial charge in [0.05, 0.1) is 40.7 Å². The van der Waals surface area contributed by atoms with Crippen LogP contribution >= 0.6 is 0 Å². The number of ether oxygens (including phenoxy) is 2. The second kappa shape index (κ2) is 10.1. The number of aromatic nitrogens is 2. The van der Waals surface area contributed by atoms with Crippen LogP contribution in [0.2, 0.25) is 0 Å². The van der Waals surface area contributed by atoms with E-state index in [1.807, 2.05) is 6.07 Å². The molecule has 2 aliphatic heterocycles. The van der Waals surface area contributed by atoms with E-state index in [4.69, 9.17) is 14.6 Å². The van der Waals surface area contributed by atoms with Gasteiger partial charge in [-0.15, -0.1) is 0 Å². The third kappa shape index (κ3) is 5.02. The first-order valence-corrected chi connectivity index (χ1v) is 14.0. The summed E-state index contributed by atoms with van der Waals surface area (Å²) in [5.74, 6) is -1.02. The SMILES string of the molecule is CC(Cc1ccc(F)c(Oc2ccc3ncn([C@H]4COC5(CCNCC5)C4)c(=O)c3c2)c1C#N)S(N)(=O)=O. The van der Waals surface area contributed by atoms with Crippen LogP contribution in [0.5, 0.6) is 11.5 Å². The summed E-state index contributed by atoms with van der Waals surface area (Å²) in [5, 5.41) is 17.6. The molecule has 0 radical (unpaired) electrons. The van der Waals surface area contributed by atoms with Crippen LogP contribution in [0.25, 0.3) is 10.9 Å². The second-order valence-corrected chi connectivity index (χ2v) is 11.9. The number of hydrogen-bond acceptors (Lipinski definition) is 8. The number of nitrogens with two attached hydrogens (primary N) is 1. The molecule has 0 bridgehead atoms. The van der Waals surface area contributed by atoms with E-state index >= 15 is 0 Å². The Hall–Kier alpha value is -3.37. The standard InChI is InChI=1S/C26H28FN5O5S/c1-16(38(29,34)35)10-17-2-4-22(27)24(21(17)13-28)37-19-3-5-23-20(11-19)25(33)32(15-31-23)18-12-26(36-14-18)6-8-30-9-7-26/h2-5,11,15-16,18,30H,6-10,12,14H2,1H3,(H2,29,34,35)/t16?,18-/m1/s1. The minimum Gasteiger partial charge on any atom is -0.453 e. The van der Waals surface area contributed by atoms with Gasteiger partial charge < -0.3 is 14.8 Å². The van der Waals surface area contributed by atoms with Crippen molar-refractivity contribution in [1.82, 2.24) is 14.9 Å². The zero-order chi connectivity index (χ0) is 27.1. The number of benzene rings is 2. The van der Waals surface area contributed by atoms with E-state index in [0.717, 1.165) is 38.4 Å². The molecule has 10 nitrogen and oxygen atoms in total. The van der Waals surface area contributed by atoms with Gasteiger partial charge in [0.1, 0.15) is 17.4 Å². The number of nitrogens with zero attached hydrogens (tertiary/aromatic N) is 3. The first kappa shape index (κ1) is 26.2. The van der Waals surface area contributed by atoms with Gasteiger partial charge in [-0.25, -0.2) is 22.9 Å². The average Bonchev–Trinajstić information content (AvgIpc) is 3.29. The van der Waals surface area contributed by atoms with E-state index in [1.165, 1.54) is 31.5 Å². The maximum atomic E-state index is 14.8. The minimum absolute atomic E-state index is 0.0915. The molecule has 3 aromatic rings. The predicted octanol–water partition coefficient (Wildman–Crippen LogP) is 2.50. The zero-order valence-electron chi connectivity index (χ0n) is 20.8. The molecule has 5 rings (SSSR count). The van der Waals surface area contributed by atoms with Gasteiger partial charge in [0.15, 0.2) is 11.6 Å². The van der Waals surface area contributed by atoms with Crippen molar-refractivity contribution in [3.8, 4) is 17.6 Å². The van der Waals surface area contributed by atoms with Crippen LogP contribution in [0.15, 0.2) is 41.5 Å². The Labute approximate surface area is 219 Å². The molecule has 2 atom stereocenters. The van der Waals surface area contributed by atoms with E-state index in [0.29, 0.717) is 12.1 Å². The van der Waals surface area contributed by atoms with Gasteiger partial charge >= 0.3 is 0 Å². The summed E-state index contributed by atoms with van der Waals surface area (Å²) in [5.41, 5.74) is 0.0945. The number of sulfonamides is 1. The smallest absolute Gasteiger partial charge is 0.261 e. The van der Waals surface area contributed by atoms with E-state index in [1.54, 1.807) is 10.6 Å². The topological polar surface area (TPSA) is 149 Å². The molecule has 0 amide bonds. The van der Waals surface area contributed by atoms with Crippen molar-refractivity contribution in [1.29, 1.82) is 5.26 Å². The normalized spacial score (nSPS) is 19.9. The fourth-order valence-electron chi connectivity index (χ4n) is 5.20. The van der Waals surface area contributed by atoms with E-state index < -0.39 is 21.1 Å². The number of nitrogens with one attached hydrogen (secondary N) is 1. The van der Waals surface area contributed by atoms with Gasteiger partial charge in [0, 0.05) is 0 Å². The summed E-state index contributed by atoms with van der Waals surface area (Å²) in [6.07, 6.45) is 3.94. The van der Waals surface area contributed by atoms with Crippen LogP contribution in [0, 0.1) is 17.1 Å². The van der Waals surface area contributed by atoms with Gasteiger partial charge in [0.25, 0.3) is 5.56 Å². The highest BCUT2D eigenvalue weighted by atomic mass is 32.2. The Morgan fingerprint density at radius 3 is 2.82 bits per heavy atom. The Bertz CT molecular complexity index is 1590. The summed E-state index contributed by atoms with van der Waals surface area (Å²) in [6, 6.07) is 8.79. The first-order valence-electron chi connectivity index (χ1n) is 12.4. The molecule has 3 N–H and O–H groups in total. The van der Waals surface area contributed by atoms with Crippen molar-refractivity contribution < 1.29 is 22.3 Å². The number of rotatable bonds is 6. The molecule has 0 saturated carbocycles. The number of fused-ring (bicyclic) bond motifs is 1. The number of hydrogen-bond donors (Lipinski definition) is 2. The minimum atomic E-state index is -3.86. The van der Waals surface area contributed by atoms with Crippen molar-refractivity contribution in [3.63, 3.8) is 0 Å². The summed E-state index contributed by atoms with van der Waals surface area (Å²) in [6.45, 7) is 3.58. The van der Waals surface area contributed by atoms with Gasteiger partial charge in [-0.3, -0.25) is 9.36 Å². The Morgan fingerprint density at radius 1 is 1.34 bits per heavy atom. The molecule has 200 valence electrons. The van der Waals surface area contributed by atoms with E-state index in [2.05, 4.69) is 10.3 Å². The predicted molar refractivity (Wildman–Crippen MR) is 138 cm³/mol. The molecule has 1 spiro atoms. The molecule has 1 aromatic heterocycles. The van der Waals surface area contributed by atoms with Crippen LogP contribution in [0.1, 0.15) is 43.4 Å². The van der Waals surface area contributed by atoms with Crippen molar-refractivity contribution in [3.05, 3.63) is 64.0 Å². The lowest BCUT2D eigenvalue weighted by atomic mass is 9.88. The highest BCUT2D eigenvalue weighted by Gasteiger charge is 2.42. The van der Waals surface area contributed by atoms with Crippen LogP contribution in [-0.4, -0.2) is 48.5 Å². The van der Waals surface area contributed by atoms with E-state index in [-0.39, 0.29) is 51.6 Å². The maximum absolute atomic E-state index is 14.8. The van der Waals surface area contributed by atoms with E-state index in [9.17, 15) is 22.9 Å². The van der Waals surface area contributed by atoms with Gasteiger partial charge in [-0.05, 0) is 75.5 Å². The zero-order valence-corrected chi connectivity index (χ0v) is 21.6. The summed E-state index contributed by atoms with van der Waals surface area (Å²) < 4.78 is 51.7. The highest BCUT2D eigenvalue weighted by molar-refractivity contribution is 7.89. The summed E-state index contributed by atoms with van der Waals surface area (Å²) in [7, 11) is -3.86. The largest absolute Gasteiger partial charge is 0.453 e. The quantitative estimate of drug-likeness (QED) is 0.483. The molecule has 3 heterocycles. The second-order valence-electron chi connectivity index (χ2n) is 9.97. The van der Waals surface area contributed by atoms with Gasteiger partial charge in [-0.2, -0.15) is 5.26 Å². The molecular weight excluding hydrogens is 513 g/mol. The molecule has 38 heavy (non-hydrogen) atoms. The van der Waals surface area contributed by atoms with Gasteiger partial charge in [0.2, 0.25) is 10.0 Å². The lowest BCUT2D eigenvalue weighted by molar-refractivity contribution is -0.0196. The molecule has 2 aromatic carbocycles. The molecule has 12 heteroatoms. The van der Waals surface area contributed by atoms with Crippen LogP contribution in [0.3, 0.4) is 0 Å². The van der Waals surface area contributed by atoms with Gasteiger partial charge in [-0.1, -0.05) is 6.07 Å². The monoisotopic (exact) mass is 541 g/mol. The summed E-state index contributed by atoms with van der Waals surface area (Å²) >= 11 is 0. The molecule has 2 aliphatic rings. The average molecular weight is 542 g/mol. The summed E-state index contributed by atoms with van der Waals surface area (Å²) in [4.78, 5) is 17.9. The fourth-order valence-corrected chi connectivity index (χ4v) is 5.61. The van der Waals surface area contributed by atoms with Crippen LogP contribution < -0.4 is 20.8 Å². The van der Waals surface area contributed by atoms with Crippen molar-refractivity contribution in [2.24, 2.45) is 5.14 Å². The first-order chi connectivity index (χ1) is 18.1. The molecule has 0 aliphatic carbocycles. The Balaban J connectivity index is 1.46. The highest BCUT2D eigenvalue weighted by Crippen LogP contribution is 2.39. The number of halogens is 1. The third-order valence-electron chi connectivity index (χ3n) is 7.45. The number of primary sulfonamides is 1.